The van der Waals surface area contributed by atoms with Crippen LogP contribution in [0.15, 0.2) is 22.7 Å². The molecular formula is C17H24BrN3. The molecule has 0 N–H and O–H groups in total. The van der Waals surface area contributed by atoms with E-state index in [1.54, 1.807) is 0 Å². The number of likely N-dealkylation sites (N-methyl/N-ethyl adjacent to an activating group) is 1. The molecule has 0 bridgehead atoms. The Morgan fingerprint density at radius 3 is 2.48 bits per heavy atom. The highest BCUT2D eigenvalue weighted by atomic mass is 79.9. The van der Waals surface area contributed by atoms with Crippen LogP contribution in [0, 0.1) is 13.8 Å². The number of hydrogen-bond donors (Lipinski definition) is 0. The lowest BCUT2D eigenvalue weighted by Crippen LogP contribution is -2.45. The number of aromatic nitrogens is 1. The zero-order chi connectivity index (χ0) is 15.0. The van der Waals surface area contributed by atoms with E-state index in [-0.39, 0.29) is 0 Å². The van der Waals surface area contributed by atoms with E-state index in [2.05, 4.69) is 69.4 Å². The number of benzene rings is 1. The van der Waals surface area contributed by atoms with Gasteiger partial charge in [0.05, 0.1) is 0 Å². The average Bonchev–Trinajstić information content (AvgIpc) is 2.71. The Hall–Kier alpha value is -0.840. The first-order valence-electron chi connectivity index (χ1n) is 7.72. The number of aryl methyl sites for hydroxylation is 1. The van der Waals surface area contributed by atoms with Crippen molar-refractivity contribution in [1.82, 2.24) is 14.4 Å². The Morgan fingerprint density at radius 1 is 1.05 bits per heavy atom. The topological polar surface area (TPSA) is 11.4 Å². The van der Waals surface area contributed by atoms with Crippen molar-refractivity contribution in [3.05, 3.63) is 33.9 Å². The summed E-state index contributed by atoms with van der Waals surface area (Å²) in [7, 11) is 2.21. The minimum Gasteiger partial charge on any atom is -0.343 e. The molecule has 2 aromatic rings. The fourth-order valence-corrected chi connectivity index (χ4v) is 3.58. The summed E-state index contributed by atoms with van der Waals surface area (Å²) < 4.78 is 3.64. The van der Waals surface area contributed by atoms with Crippen LogP contribution in [0.1, 0.15) is 11.3 Å². The minimum absolute atomic E-state index is 1.08. The summed E-state index contributed by atoms with van der Waals surface area (Å²) in [6, 6.07) is 6.63. The number of fused-ring (bicyclic) bond motifs is 1. The number of nitrogens with zero attached hydrogens (tertiary/aromatic N) is 3. The lowest BCUT2D eigenvalue weighted by Gasteiger charge is -2.32. The molecule has 1 aliphatic heterocycles. The fraction of sp³-hybridized carbons (Fsp3) is 0.529. The Morgan fingerprint density at radius 2 is 1.76 bits per heavy atom. The van der Waals surface area contributed by atoms with Crippen molar-refractivity contribution >= 4 is 26.8 Å². The lowest BCUT2D eigenvalue weighted by atomic mass is 10.2. The molecule has 1 fully saturated rings. The molecule has 1 aromatic carbocycles. The van der Waals surface area contributed by atoms with Gasteiger partial charge in [0, 0.05) is 60.3 Å². The second-order valence-corrected chi connectivity index (χ2v) is 7.08. The van der Waals surface area contributed by atoms with Crippen molar-refractivity contribution in [3.8, 4) is 0 Å². The number of halogens is 1. The molecule has 21 heavy (non-hydrogen) atoms. The van der Waals surface area contributed by atoms with Gasteiger partial charge in [0.15, 0.2) is 0 Å². The summed E-state index contributed by atoms with van der Waals surface area (Å²) in [4.78, 5) is 4.99. The Bertz CT molecular complexity index is 639. The van der Waals surface area contributed by atoms with Crippen molar-refractivity contribution < 1.29 is 0 Å². The number of hydrogen-bond acceptors (Lipinski definition) is 2. The van der Waals surface area contributed by atoms with Crippen molar-refractivity contribution in [1.29, 1.82) is 0 Å². The first kappa shape index (κ1) is 15.1. The van der Waals surface area contributed by atoms with E-state index < -0.39 is 0 Å². The molecule has 0 unspecified atom stereocenters. The molecule has 1 saturated heterocycles. The van der Waals surface area contributed by atoms with Gasteiger partial charge in [-0.15, -0.1) is 0 Å². The van der Waals surface area contributed by atoms with E-state index in [0.29, 0.717) is 0 Å². The molecule has 4 heteroatoms. The predicted octanol–water partition coefficient (Wildman–Crippen LogP) is 3.27. The molecule has 3 rings (SSSR count). The van der Waals surface area contributed by atoms with Gasteiger partial charge in [-0.05, 0) is 44.7 Å². The van der Waals surface area contributed by atoms with Gasteiger partial charge in [0.25, 0.3) is 0 Å². The summed E-state index contributed by atoms with van der Waals surface area (Å²) >= 11 is 3.59. The molecule has 1 aliphatic rings. The molecule has 0 aliphatic carbocycles. The SMILES string of the molecule is Cc1c(C)n(CCN2CCN(C)CC2)c2ccc(Br)cc12. The highest BCUT2D eigenvalue weighted by Crippen LogP contribution is 2.28. The van der Waals surface area contributed by atoms with Crippen molar-refractivity contribution in [3.63, 3.8) is 0 Å². The van der Waals surface area contributed by atoms with E-state index in [1.165, 1.54) is 48.3 Å². The molecule has 0 atom stereocenters. The van der Waals surface area contributed by atoms with Crippen LogP contribution in [0.4, 0.5) is 0 Å². The van der Waals surface area contributed by atoms with Crippen LogP contribution in [0.5, 0.6) is 0 Å². The Labute approximate surface area is 135 Å². The number of rotatable bonds is 3. The molecule has 0 spiro atoms. The predicted molar refractivity (Wildman–Crippen MR) is 93.0 cm³/mol. The second-order valence-electron chi connectivity index (χ2n) is 6.17. The standard InChI is InChI=1S/C17H24BrN3/c1-13-14(2)21(17-5-4-15(18)12-16(13)17)11-10-20-8-6-19(3)7-9-20/h4-5,12H,6-11H2,1-3H3. The van der Waals surface area contributed by atoms with Crippen LogP contribution in [0.3, 0.4) is 0 Å². The smallest absolute Gasteiger partial charge is 0.0486 e. The Kier molecular flexibility index (Phi) is 4.38. The van der Waals surface area contributed by atoms with Gasteiger partial charge in [-0.1, -0.05) is 15.9 Å². The van der Waals surface area contributed by atoms with Crippen LogP contribution < -0.4 is 0 Å². The summed E-state index contributed by atoms with van der Waals surface area (Å²) in [6.07, 6.45) is 0. The zero-order valence-corrected chi connectivity index (χ0v) is 14.8. The molecule has 2 heterocycles. The van der Waals surface area contributed by atoms with Crippen LogP contribution in [-0.2, 0) is 6.54 Å². The van der Waals surface area contributed by atoms with Gasteiger partial charge in [-0.25, -0.2) is 0 Å². The van der Waals surface area contributed by atoms with E-state index in [4.69, 9.17) is 0 Å². The van der Waals surface area contributed by atoms with Gasteiger partial charge in [-0.3, -0.25) is 4.90 Å². The molecule has 3 nitrogen and oxygen atoms in total. The van der Waals surface area contributed by atoms with Gasteiger partial charge in [-0.2, -0.15) is 0 Å². The Balaban J connectivity index is 1.79. The second kappa shape index (κ2) is 6.11. The summed E-state index contributed by atoms with van der Waals surface area (Å²) in [5.41, 5.74) is 4.17. The van der Waals surface area contributed by atoms with Gasteiger partial charge < -0.3 is 9.47 Å². The lowest BCUT2D eigenvalue weighted by molar-refractivity contribution is 0.150. The monoisotopic (exact) mass is 349 g/mol. The van der Waals surface area contributed by atoms with Gasteiger partial charge >= 0.3 is 0 Å². The third-order valence-electron chi connectivity index (χ3n) is 4.84. The molecule has 0 amide bonds. The maximum Gasteiger partial charge on any atom is 0.0486 e. The molecule has 114 valence electrons. The van der Waals surface area contributed by atoms with E-state index >= 15 is 0 Å². The normalized spacial score (nSPS) is 17.7. The maximum atomic E-state index is 3.59. The third kappa shape index (κ3) is 3.03. The average molecular weight is 350 g/mol. The van der Waals surface area contributed by atoms with E-state index in [0.717, 1.165) is 17.6 Å². The van der Waals surface area contributed by atoms with Gasteiger partial charge in [0.2, 0.25) is 0 Å². The van der Waals surface area contributed by atoms with Crippen molar-refractivity contribution in [2.24, 2.45) is 0 Å². The van der Waals surface area contributed by atoms with Crippen LogP contribution in [0.2, 0.25) is 0 Å². The number of piperazine rings is 1. The first-order valence-corrected chi connectivity index (χ1v) is 8.51. The first-order chi connectivity index (χ1) is 10.1. The fourth-order valence-electron chi connectivity index (χ4n) is 3.22. The van der Waals surface area contributed by atoms with Crippen LogP contribution in [0.25, 0.3) is 10.9 Å². The summed E-state index contributed by atoms with van der Waals surface area (Å²) in [5.74, 6) is 0. The van der Waals surface area contributed by atoms with Crippen molar-refractivity contribution in [2.45, 2.75) is 20.4 Å². The highest BCUT2D eigenvalue weighted by molar-refractivity contribution is 9.10. The van der Waals surface area contributed by atoms with Gasteiger partial charge in [0.1, 0.15) is 0 Å². The summed E-state index contributed by atoms with van der Waals surface area (Å²) in [6.45, 7) is 11.5. The largest absolute Gasteiger partial charge is 0.343 e. The minimum atomic E-state index is 1.08. The van der Waals surface area contributed by atoms with E-state index in [1.807, 2.05) is 0 Å². The van der Waals surface area contributed by atoms with Crippen molar-refractivity contribution in [2.75, 3.05) is 39.8 Å². The summed E-state index contributed by atoms with van der Waals surface area (Å²) in [5, 5.41) is 1.38. The molecular weight excluding hydrogens is 326 g/mol. The van der Waals surface area contributed by atoms with Crippen LogP contribution >= 0.6 is 15.9 Å². The molecule has 0 radical (unpaired) electrons. The zero-order valence-electron chi connectivity index (χ0n) is 13.2. The maximum absolute atomic E-state index is 3.59. The molecule has 1 aromatic heterocycles. The highest BCUT2D eigenvalue weighted by Gasteiger charge is 2.15. The quantitative estimate of drug-likeness (QED) is 0.842. The van der Waals surface area contributed by atoms with Crippen LogP contribution in [-0.4, -0.2) is 54.1 Å². The molecule has 0 saturated carbocycles. The third-order valence-corrected chi connectivity index (χ3v) is 5.33. The van der Waals surface area contributed by atoms with E-state index in [9.17, 15) is 0 Å².